The highest BCUT2D eigenvalue weighted by molar-refractivity contribution is 7.16. The van der Waals surface area contributed by atoms with Crippen LogP contribution in [0.4, 0.5) is 5.69 Å². The maximum Gasteiger partial charge on any atom is 0.205 e. The molecule has 0 bridgehead atoms. The summed E-state index contributed by atoms with van der Waals surface area (Å²) in [6.07, 6.45) is 0. The van der Waals surface area contributed by atoms with Gasteiger partial charge in [-0.15, -0.1) is 11.3 Å². The number of ether oxygens (including phenoxy) is 1. The summed E-state index contributed by atoms with van der Waals surface area (Å²) in [4.78, 5) is 0.948. The molecule has 1 aromatic carbocycles. The first-order chi connectivity index (χ1) is 9.60. The Morgan fingerprint density at radius 2 is 2.05 bits per heavy atom. The van der Waals surface area contributed by atoms with Gasteiger partial charge in [-0.05, 0) is 18.2 Å². The van der Waals surface area contributed by atoms with Crippen molar-refractivity contribution in [1.82, 2.24) is 0 Å². The van der Waals surface area contributed by atoms with Crippen molar-refractivity contribution >= 4 is 28.6 Å². The van der Waals surface area contributed by atoms with Crippen LogP contribution in [0.3, 0.4) is 0 Å². The van der Waals surface area contributed by atoms with Crippen molar-refractivity contribution in [2.24, 2.45) is 5.73 Å². The largest absolute Gasteiger partial charge is 0.440 e. The van der Waals surface area contributed by atoms with Crippen molar-refractivity contribution in [3.8, 4) is 11.8 Å². The van der Waals surface area contributed by atoms with Gasteiger partial charge in [-0.1, -0.05) is 17.7 Å². The first kappa shape index (κ1) is 12.9. The highest BCUT2D eigenvalue weighted by Gasteiger charge is 2.31. The van der Waals surface area contributed by atoms with E-state index in [0.717, 1.165) is 10.4 Å². The van der Waals surface area contributed by atoms with E-state index in [1.807, 2.05) is 12.1 Å². The number of nitrogens with zero attached hydrogens (tertiary/aromatic N) is 1. The van der Waals surface area contributed by atoms with Crippen LogP contribution in [0.25, 0.3) is 0 Å². The van der Waals surface area contributed by atoms with E-state index < -0.39 is 0 Å². The summed E-state index contributed by atoms with van der Waals surface area (Å²) in [6, 6.07) is 11.2. The van der Waals surface area contributed by atoms with Crippen LogP contribution in [0, 0.1) is 11.3 Å². The molecule has 0 unspecified atom stereocenters. The van der Waals surface area contributed by atoms with E-state index in [4.69, 9.17) is 27.8 Å². The van der Waals surface area contributed by atoms with E-state index in [2.05, 4.69) is 6.07 Å². The third-order valence-electron chi connectivity index (χ3n) is 3.12. The minimum atomic E-state index is -0.262. The lowest BCUT2D eigenvalue weighted by Crippen LogP contribution is -2.20. The summed E-state index contributed by atoms with van der Waals surface area (Å²) in [5.74, 6) is 0.429. The normalized spacial score (nSPS) is 17.3. The molecule has 0 saturated heterocycles. The Balaban J connectivity index is 2.22. The van der Waals surface area contributed by atoms with Crippen molar-refractivity contribution in [1.29, 1.82) is 5.26 Å². The molecule has 2 aromatic rings. The van der Waals surface area contributed by atoms with Gasteiger partial charge in [-0.25, -0.2) is 0 Å². The molecule has 1 aliphatic rings. The monoisotopic (exact) mass is 303 g/mol. The Hall–Kier alpha value is -2.16. The maximum absolute atomic E-state index is 9.36. The van der Waals surface area contributed by atoms with Crippen LogP contribution in [0.2, 0.25) is 4.34 Å². The van der Waals surface area contributed by atoms with Crippen LogP contribution >= 0.6 is 22.9 Å². The number of allylic oxidation sites excluding steroid dienone is 1. The van der Waals surface area contributed by atoms with Crippen LogP contribution in [0.15, 0.2) is 41.8 Å². The molecule has 0 fully saturated rings. The molecule has 1 aliphatic heterocycles. The number of hydrogen-bond donors (Lipinski definition) is 2. The number of nitriles is 1. The van der Waals surface area contributed by atoms with E-state index in [-0.39, 0.29) is 11.8 Å². The van der Waals surface area contributed by atoms with E-state index in [9.17, 15) is 5.26 Å². The van der Waals surface area contributed by atoms with Gasteiger partial charge >= 0.3 is 0 Å². The average Bonchev–Trinajstić information content (AvgIpc) is 2.83. The van der Waals surface area contributed by atoms with Crippen LogP contribution in [-0.2, 0) is 0 Å². The van der Waals surface area contributed by atoms with Crippen LogP contribution in [0.1, 0.15) is 16.4 Å². The predicted octanol–water partition coefficient (Wildman–Crippen LogP) is 3.20. The molecule has 3 rings (SSSR count). The summed E-state index contributed by atoms with van der Waals surface area (Å²) in [5.41, 5.74) is 13.5. The minimum absolute atomic E-state index is 0.111. The number of thiophene rings is 1. The zero-order valence-corrected chi connectivity index (χ0v) is 11.8. The topological polar surface area (TPSA) is 85.1 Å². The minimum Gasteiger partial charge on any atom is -0.440 e. The molecule has 4 nitrogen and oxygen atoms in total. The number of rotatable bonds is 1. The maximum atomic E-state index is 9.36. The average molecular weight is 304 g/mol. The Bertz CT molecular complexity index is 760. The van der Waals surface area contributed by atoms with Gasteiger partial charge in [-0.2, -0.15) is 5.26 Å². The molecule has 0 aliphatic carbocycles. The van der Waals surface area contributed by atoms with Gasteiger partial charge in [0, 0.05) is 22.2 Å². The van der Waals surface area contributed by atoms with E-state index in [1.165, 1.54) is 11.3 Å². The lowest BCUT2D eigenvalue weighted by Gasteiger charge is -2.25. The number of halogens is 1. The number of nitrogen functional groups attached to an aromatic ring is 1. The fraction of sp³-hybridized carbons (Fsp3) is 0.0714. The Morgan fingerprint density at radius 1 is 1.25 bits per heavy atom. The first-order valence-electron chi connectivity index (χ1n) is 5.82. The highest BCUT2D eigenvalue weighted by Crippen LogP contribution is 2.45. The second-order valence-electron chi connectivity index (χ2n) is 4.36. The van der Waals surface area contributed by atoms with Gasteiger partial charge in [-0.3, -0.25) is 0 Å². The van der Waals surface area contributed by atoms with Gasteiger partial charge < -0.3 is 16.2 Å². The lowest BCUT2D eigenvalue weighted by atomic mass is 9.88. The Kier molecular flexibility index (Phi) is 3.05. The van der Waals surface area contributed by atoms with Gasteiger partial charge in [0.1, 0.15) is 17.4 Å². The summed E-state index contributed by atoms with van der Waals surface area (Å²) < 4.78 is 6.17. The number of nitrogens with two attached hydrogens (primary N) is 2. The number of fused-ring (bicyclic) bond motifs is 1. The summed E-state index contributed by atoms with van der Waals surface area (Å²) >= 11 is 7.42. The van der Waals surface area contributed by atoms with Gasteiger partial charge in [0.2, 0.25) is 5.88 Å². The summed E-state index contributed by atoms with van der Waals surface area (Å²) in [7, 11) is 0. The van der Waals surface area contributed by atoms with Gasteiger partial charge in [0.25, 0.3) is 0 Å². The smallest absolute Gasteiger partial charge is 0.205 e. The molecule has 20 heavy (non-hydrogen) atoms. The molecule has 100 valence electrons. The molecule has 0 saturated carbocycles. The Labute approximate surface area is 124 Å². The number of anilines is 1. The molecule has 2 heterocycles. The molecule has 0 radical (unpaired) electrons. The fourth-order valence-corrected chi connectivity index (χ4v) is 3.44. The van der Waals surface area contributed by atoms with Crippen LogP contribution in [0.5, 0.6) is 5.75 Å². The molecule has 1 aromatic heterocycles. The molecule has 0 spiro atoms. The molecule has 0 amide bonds. The zero-order valence-electron chi connectivity index (χ0n) is 10.3. The molecular formula is C14H10ClN3OS. The third-order valence-corrected chi connectivity index (χ3v) is 4.42. The van der Waals surface area contributed by atoms with Gasteiger partial charge in [0.05, 0.1) is 10.3 Å². The van der Waals surface area contributed by atoms with Crippen LogP contribution in [-0.4, -0.2) is 0 Å². The molecule has 1 atom stereocenters. The summed E-state index contributed by atoms with van der Waals surface area (Å²) in [6.45, 7) is 0. The van der Waals surface area contributed by atoms with Crippen molar-refractivity contribution in [3.05, 3.63) is 56.6 Å². The predicted molar refractivity (Wildman–Crippen MR) is 79.5 cm³/mol. The quantitative estimate of drug-likeness (QED) is 0.792. The number of hydrogen-bond acceptors (Lipinski definition) is 5. The standard InChI is InChI=1S/C14H10ClN3OS/c15-12-4-3-11(20-12)13-8-2-1-7(17)5-10(8)19-14(18)9(13)6-16/h1-5,13H,17-18H2/t13-/m0/s1. The molecule has 6 heteroatoms. The van der Waals surface area contributed by atoms with Crippen LogP contribution < -0.4 is 16.2 Å². The number of benzene rings is 1. The van der Waals surface area contributed by atoms with Crippen molar-refractivity contribution in [2.45, 2.75) is 5.92 Å². The van der Waals surface area contributed by atoms with Crippen molar-refractivity contribution in [3.63, 3.8) is 0 Å². The van der Waals surface area contributed by atoms with Crippen molar-refractivity contribution in [2.75, 3.05) is 5.73 Å². The fourth-order valence-electron chi connectivity index (χ4n) is 2.25. The second kappa shape index (κ2) is 4.75. The zero-order chi connectivity index (χ0) is 14.3. The summed E-state index contributed by atoms with van der Waals surface area (Å²) in [5, 5.41) is 9.36. The molecular weight excluding hydrogens is 294 g/mol. The second-order valence-corrected chi connectivity index (χ2v) is 6.11. The lowest BCUT2D eigenvalue weighted by molar-refractivity contribution is 0.394. The van der Waals surface area contributed by atoms with Crippen molar-refractivity contribution < 1.29 is 4.74 Å². The first-order valence-corrected chi connectivity index (χ1v) is 7.02. The highest BCUT2D eigenvalue weighted by atomic mass is 35.5. The van der Waals surface area contributed by atoms with Gasteiger partial charge in [0.15, 0.2) is 0 Å². The van der Waals surface area contributed by atoms with E-state index >= 15 is 0 Å². The third kappa shape index (κ3) is 1.99. The Morgan fingerprint density at radius 3 is 2.70 bits per heavy atom. The van der Waals surface area contributed by atoms with E-state index in [1.54, 1.807) is 18.2 Å². The SMILES string of the molecule is N#CC1=C(N)Oc2cc(N)ccc2[C@@H]1c1ccc(Cl)s1. The van der Waals surface area contributed by atoms with E-state index in [0.29, 0.717) is 21.3 Å². The molecule has 4 N–H and O–H groups in total.